The van der Waals surface area contributed by atoms with Crippen LogP contribution in [0.3, 0.4) is 0 Å². The number of thioether (sulfide) groups is 1. The van der Waals surface area contributed by atoms with Crippen molar-refractivity contribution in [2.75, 3.05) is 11.1 Å². The summed E-state index contributed by atoms with van der Waals surface area (Å²) >= 11 is 6.05. The van der Waals surface area contributed by atoms with E-state index in [1.165, 1.54) is 68.9 Å². The summed E-state index contributed by atoms with van der Waals surface area (Å²) in [6.07, 6.45) is 13.3. The van der Waals surface area contributed by atoms with Crippen LogP contribution in [-0.4, -0.2) is 16.3 Å². The summed E-state index contributed by atoms with van der Waals surface area (Å²) in [5, 5.41) is 2.24. The normalized spacial score (nSPS) is 27.0. The lowest BCUT2D eigenvalue weighted by atomic mass is 9.77. The molecule has 0 bridgehead atoms. The average molecular weight is 291 g/mol. The predicted molar refractivity (Wildman–Crippen MR) is 74.0 cm³/mol. The van der Waals surface area contributed by atoms with E-state index in [-0.39, 0.29) is 0 Å². The van der Waals surface area contributed by atoms with Crippen LogP contribution in [0.5, 0.6) is 0 Å². The van der Waals surface area contributed by atoms with Gasteiger partial charge in [0.1, 0.15) is 0 Å². The monoisotopic (exact) mass is 290 g/mol. The second kappa shape index (κ2) is 5.95. The third-order valence-electron chi connectivity index (χ3n) is 4.13. The van der Waals surface area contributed by atoms with Gasteiger partial charge in [-0.25, -0.2) is 0 Å². The molecular formula is C13H23BrS. The van der Waals surface area contributed by atoms with Gasteiger partial charge in [0.15, 0.2) is 0 Å². The highest BCUT2D eigenvalue weighted by Gasteiger charge is 2.32. The summed E-state index contributed by atoms with van der Waals surface area (Å²) in [4.78, 5) is 0. The van der Waals surface area contributed by atoms with Gasteiger partial charge in [0.25, 0.3) is 0 Å². The van der Waals surface area contributed by atoms with Gasteiger partial charge in [-0.1, -0.05) is 48.0 Å². The van der Waals surface area contributed by atoms with E-state index in [4.69, 9.17) is 0 Å². The van der Waals surface area contributed by atoms with E-state index in [9.17, 15) is 0 Å². The van der Waals surface area contributed by atoms with Crippen molar-refractivity contribution in [2.24, 2.45) is 5.41 Å². The molecule has 2 aliphatic carbocycles. The first-order chi connectivity index (χ1) is 7.35. The van der Waals surface area contributed by atoms with Crippen molar-refractivity contribution < 1.29 is 0 Å². The Bertz CT molecular complexity index is 181. The standard InChI is InChI=1S/C13H23BrS/c14-10-13(8-4-1-5-9-13)11-15-12-6-2-3-7-12/h12H,1-11H2. The van der Waals surface area contributed by atoms with Gasteiger partial charge in [-0.15, -0.1) is 0 Å². The Balaban J connectivity index is 1.78. The SMILES string of the molecule is BrCC1(CSC2CCCC2)CCCCC1. The zero-order chi connectivity index (χ0) is 10.6. The minimum absolute atomic E-state index is 0.658. The maximum absolute atomic E-state index is 3.76. The Morgan fingerprint density at radius 2 is 1.67 bits per heavy atom. The zero-order valence-electron chi connectivity index (χ0n) is 9.64. The van der Waals surface area contributed by atoms with Crippen LogP contribution in [0, 0.1) is 5.41 Å². The predicted octanol–water partition coefficient (Wildman–Crippen LogP) is 5.01. The molecule has 0 radical (unpaired) electrons. The van der Waals surface area contributed by atoms with E-state index in [1.807, 2.05) is 0 Å². The van der Waals surface area contributed by atoms with E-state index in [1.54, 1.807) is 0 Å². The van der Waals surface area contributed by atoms with E-state index >= 15 is 0 Å². The first-order valence-electron chi connectivity index (χ1n) is 6.52. The second-order valence-corrected chi connectivity index (χ2v) is 7.26. The van der Waals surface area contributed by atoms with Crippen LogP contribution in [0.25, 0.3) is 0 Å². The largest absolute Gasteiger partial charge is 0.158 e. The maximum atomic E-state index is 3.76. The number of rotatable bonds is 4. The minimum atomic E-state index is 0.658. The second-order valence-electron chi connectivity index (χ2n) is 5.41. The summed E-state index contributed by atoms with van der Waals surface area (Å²) < 4.78 is 0. The molecule has 0 aromatic carbocycles. The number of alkyl halides is 1. The molecule has 88 valence electrons. The molecule has 0 N–H and O–H groups in total. The molecule has 0 aromatic heterocycles. The van der Waals surface area contributed by atoms with Crippen LogP contribution >= 0.6 is 27.7 Å². The van der Waals surface area contributed by atoms with Gasteiger partial charge in [0.05, 0.1) is 0 Å². The summed E-state index contributed by atoms with van der Waals surface area (Å²) in [6, 6.07) is 0. The zero-order valence-corrected chi connectivity index (χ0v) is 12.0. The highest BCUT2D eigenvalue weighted by Crippen LogP contribution is 2.43. The summed E-state index contributed by atoms with van der Waals surface area (Å²) in [5.41, 5.74) is 0.658. The molecule has 2 fully saturated rings. The maximum Gasteiger partial charge on any atom is 0.00958 e. The Labute approximate surface area is 107 Å². The van der Waals surface area contributed by atoms with Crippen molar-refractivity contribution in [1.29, 1.82) is 0 Å². The molecule has 2 saturated carbocycles. The third-order valence-corrected chi connectivity index (χ3v) is 7.04. The highest BCUT2D eigenvalue weighted by molar-refractivity contribution is 9.09. The fourth-order valence-corrected chi connectivity index (χ4v) is 5.64. The van der Waals surface area contributed by atoms with Crippen LogP contribution in [0.2, 0.25) is 0 Å². The highest BCUT2D eigenvalue weighted by atomic mass is 79.9. The lowest BCUT2D eigenvalue weighted by Crippen LogP contribution is -2.29. The lowest BCUT2D eigenvalue weighted by molar-refractivity contribution is 0.260. The van der Waals surface area contributed by atoms with Gasteiger partial charge >= 0.3 is 0 Å². The van der Waals surface area contributed by atoms with E-state index in [0.717, 1.165) is 5.25 Å². The molecule has 0 aliphatic heterocycles. The molecule has 0 aromatic rings. The Hall–Kier alpha value is 0.830. The first-order valence-corrected chi connectivity index (χ1v) is 8.69. The molecule has 2 aliphatic rings. The molecule has 2 heteroatoms. The summed E-state index contributed by atoms with van der Waals surface area (Å²) in [5.74, 6) is 1.42. The van der Waals surface area contributed by atoms with Crippen molar-refractivity contribution in [3.05, 3.63) is 0 Å². The molecular weight excluding hydrogens is 268 g/mol. The molecule has 0 amide bonds. The average Bonchev–Trinajstić information content (AvgIpc) is 2.81. The van der Waals surface area contributed by atoms with Crippen molar-refractivity contribution in [3.63, 3.8) is 0 Å². The van der Waals surface area contributed by atoms with Gasteiger partial charge in [-0.05, 0) is 36.9 Å². The van der Waals surface area contributed by atoms with Gasteiger partial charge in [-0.2, -0.15) is 11.8 Å². The smallest absolute Gasteiger partial charge is 0.00958 e. The van der Waals surface area contributed by atoms with Crippen LogP contribution in [0.15, 0.2) is 0 Å². The topological polar surface area (TPSA) is 0 Å². The van der Waals surface area contributed by atoms with Gasteiger partial charge in [-0.3, -0.25) is 0 Å². The molecule has 0 unspecified atom stereocenters. The van der Waals surface area contributed by atoms with Crippen molar-refractivity contribution >= 4 is 27.7 Å². The third kappa shape index (κ3) is 3.39. The fraction of sp³-hybridized carbons (Fsp3) is 1.00. The summed E-state index contributed by atoms with van der Waals surface area (Å²) in [7, 11) is 0. The van der Waals surface area contributed by atoms with Crippen molar-refractivity contribution in [1.82, 2.24) is 0 Å². The molecule has 0 saturated heterocycles. The van der Waals surface area contributed by atoms with Crippen LogP contribution in [-0.2, 0) is 0 Å². The Morgan fingerprint density at radius 3 is 2.27 bits per heavy atom. The number of hydrogen-bond donors (Lipinski definition) is 0. The van der Waals surface area contributed by atoms with Crippen molar-refractivity contribution in [2.45, 2.75) is 63.0 Å². The summed E-state index contributed by atoms with van der Waals surface area (Å²) in [6.45, 7) is 0. The fourth-order valence-electron chi connectivity index (χ4n) is 2.97. The molecule has 0 nitrogen and oxygen atoms in total. The van der Waals surface area contributed by atoms with E-state index in [0.29, 0.717) is 5.41 Å². The number of hydrogen-bond acceptors (Lipinski definition) is 1. The molecule has 0 spiro atoms. The van der Waals surface area contributed by atoms with E-state index in [2.05, 4.69) is 27.7 Å². The number of halogens is 1. The lowest BCUT2D eigenvalue weighted by Gasteiger charge is -2.36. The molecule has 0 atom stereocenters. The van der Waals surface area contributed by atoms with Crippen LogP contribution < -0.4 is 0 Å². The molecule has 2 rings (SSSR count). The van der Waals surface area contributed by atoms with E-state index < -0.39 is 0 Å². The minimum Gasteiger partial charge on any atom is -0.158 e. The Kier molecular flexibility index (Phi) is 4.88. The van der Waals surface area contributed by atoms with Gasteiger partial charge in [0.2, 0.25) is 0 Å². The quantitative estimate of drug-likeness (QED) is 0.656. The van der Waals surface area contributed by atoms with Gasteiger partial charge in [0, 0.05) is 10.6 Å². The van der Waals surface area contributed by atoms with Gasteiger partial charge < -0.3 is 0 Å². The first kappa shape index (κ1) is 12.3. The van der Waals surface area contributed by atoms with Crippen molar-refractivity contribution in [3.8, 4) is 0 Å². The molecule has 0 heterocycles. The Morgan fingerprint density at radius 1 is 1.00 bits per heavy atom. The molecule has 15 heavy (non-hydrogen) atoms. The van der Waals surface area contributed by atoms with Crippen LogP contribution in [0.4, 0.5) is 0 Å². The van der Waals surface area contributed by atoms with Crippen LogP contribution in [0.1, 0.15) is 57.8 Å².